The number of aryl methyl sites for hydroxylation is 1. The van der Waals surface area contributed by atoms with E-state index in [9.17, 15) is 14.7 Å². The summed E-state index contributed by atoms with van der Waals surface area (Å²) < 4.78 is 5.91. The molecule has 1 aliphatic rings. The lowest BCUT2D eigenvalue weighted by Crippen LogP contribution is -2.52. The lowest BCUT2D eigenvalue weighted by molar-refractivity contribution is 0.0165. The minimum absolute atomic E-state index is 0.170. The van der Waals surface area contributed by atoms with Crippen molar-refractivity contribution in [2.45, 2.75) is 26.4 Å². The van der Waals surface area contributed by atoms with Crippen molar-refractivity contribution in [2.24, 2.45) is 0 Å². The van der Waals surface area contributed by atoms with Crippen molar-refractivity contribution in [3.63, 3.8) is 0 Å². The summed E-state index contributed by atoms with van der Waals surface area (Å²) in [5.74, 6) is 0.0902. The first-order chi connectivity index (χ1) is 9.74. The van der Waals surface area contributed by atoms with E-state index in [1.165, 1.54) is 6.07 Å². The van der Waals surface area contributed by atoms with E-state index in [1.54, 1.807) is 20.8 Å². The first-order valence-electron chi connectivity index (χ1n) is 7.15. The van der Waals surface area contributed by atoms with Crippen molar-refractivity contribution in [1.82, 2.24) is 14.5 Å². The normalized spacial score (nSPS) is 18.1. The maximum Gasteiger partial charge on any atom is 0.290 e. The molecular weight excluding hydrogens is 274 g/mol. The number of carbonyl (C=O) groups excluding carboxylic acids is 1. The maximum atomic E-state index is 12.0. The molecule has 7 heteroatoms. The van der Waals surface area contributed by atoms with Gasteiger partial charge in [-0.25, -0.2) is 0 Å². The number of rotatable bonds is 4. The van der Waals surface area contributed by atoms with Crippen LogP contribution >= 0.6 is 0 Å². The average molecular weight is 297 g/mol. The lowest BCUT2D eigenvalue weighted by Gasteiger charge is -2.36. The second-order valence-electron chi connectivity index (χ2n) is 6.24. The summed E-state index contributed by atoms with van der Waals surface area (Å²) >= 11 is 0. The third-order valence-electron chi connectivity index (χ3n) is 3.42. The van der Waals surface area contributed by atoms with Gasteiger partial charge in [-0.05, 0) is 20.8 Å². The van der Waals surface area contributed by atoms with Gasteiger partial charge in [0.25, 0.3) is 11.5 Å². The SMILES string of the molecule is Cc1cc(=O)n(C(=O)CN2CCN(CC(C)(C)O)CC2)o1. The Hall–Kier alpha value is -1.44. The molecule has 0 unspecified atom stereocenters. The van der Waals surface area contributed by atoms with Crippen LogP contribution < -0.4 is 5.56 Å². The van der Waals surface area contributed by atoms with E-state index in [0.29, 0.717) is 12.3 Å². The molecule has 1 aromatic rings. The molecule has 0 atom stereocenters. The molecule has 0 radical (unpaired) electrons. The van der Waals surface area contributed by atoms with E-state index < -0.39 is 11.2 Å². The zero-order valence-electron chi connectivity index (χ0n) is 12.8. The molecule has 1 fully saturated rings. The molecule has 0 aliphatic carbocycles. The highest BCUT2D eigenvalue weighted by atomic mass is 16.5. The van der Waals surface area contributed by atoms with Crippen LogP contribution in [0.2, 0.25) is 0 Å². The first-order valence-corrected chi connectivity index (χ1v) is 7.15. The number of piperazine rings is 1. The van der Waals surface area contributed by atoms with Crippen molar-refractivity contribution in [1.29, 1.82) is 0 Å². The molecule has 0 saturated carbocycles. The Kier molecular flexibility index (Phi) is 4.65. The Bertz CT molecular complexity index is 547. The van der Waals surface area contributed by atoms with Crippen LogP contribution in [0.15, 0.2) is 15.4 Å². The molecule has 1 aromatic heterocycles. The number of hydrogen-bond acceptors (Lipinski definition) is 6. The third kappa shape index (κ3) is 4.52. The van der Waals surface area contributed by atoms with Gasteiger partial charge >= 0.3 is 0 Å². The Morgan fingerprint density at radius 2 is 1.86 bits per heavy atom. The van der Waals surface area contributed by atoms with Gasteiger partial charge in [0.1, 0.15) is 5.76 Å². The molecule has 0 aromatic carbocycles. The average Bonchev–Trinajstić information content (AvgIpc) is 2.69. The number of aliphatic hydroxyl groups is 1. The van der Waals surface area contributed by atoms with Gasteiger partial charge in [-0.2, -0.15) is 0 Å². The molecule has 0 spiro atoms. The number of β-amino-alcohol motifs (C(OH)–C–C–N with tert-alkyl or cyclic N) is 1. The van der Waals surface area contributed by atoms with Crippen LogP contribution in [0.1, 0.15) is 24.4 Å². The third-order valence-corrected chi connectivity index (χ3v) is 3.42. The minimum Gasteiger partial charge on any atom is -0.389 e. The molecule has 7 nitrogen and oxygen atoms in total. The molecule has 2 rings (SSSR count). The largest absolute Gasteiger partial charge is 0.389 e. The van der Waals surface area contributed by atoms with Crippen molar-refractivity contribution in [2.75, 3.05) is 39.3 Å². The van der Waals surface area contributed by atoms with Gasteiger partial charge in [-0.15, -0.1) is 4.74 Å². The standard InChI is InChI=1S/C14H23N3O4/c1-11-8-12(18)17(21-11)13(19)9-15-4-6-16(7-5-15)10-14(2,3)20/h8,20H,4-7,9-10H2,1-3H3. The fraction of sp³-hybridized carbons (Fsp3) is 0.714. The van der Waals surface area contributed by atoms with Crippen LogP contribution in [-0.4, -0.2) is 70.4 Å². The van der Waals surface area contributed by atoms with E-state index in [0.717, 1.165) is 30.9 Å². The molecular formula is C14H23N3O4. The molecule has 0 amide bonds. The molecule has 118 valence electrons. The number of hydrogen-bond donors (Lipinski definition) is 1. The highest BCUT2D eigenvalue weighted by Gasteiger charge is 2.24. The monoisotopic (exact) mass is 297 g/mol. The van der Waals surface area contributed by atoms with E-state index >= 15 is 0 Å². The summed E-state index contributed by atoms with van der Waals surface area (Å²) in [6.45, 7) is 9.05. The fourth-order valence-electron chi connectivity index (χ4n) is 2.53. The summed E-state index contributed by atoms with van der Waals surface area (Å²) in [6, 6.07) is 1.30. The van der Waals surface area contributed by atoms with Crippen LogP contribution in [0.25, 0.3) is 0 Å². The van der Waals surface area contributed by atoms with Gasteiger partial charge in [0, 0.05) is 38.8 Å². The Balaban J connectivity index is 1.85. The van der Waals surface area contributed by atoms with Crippen LogP contribution in [0.5, 0.6) is 0 Å². The van der Waals surface area contributed by atoms with Crippen molar-refractivity contribution < 1.29 is 14.4 Å². The molecule has 1 aliphatic heterocycles. The number of carbonyl (C=O) groups is 1. The van der Waals surface area contributed by atoms with Gasteiger partial charge in [-0.1, -0.05) is 0 Å². The summed E-state index contributed by atoms with van der Waals surface area (Å²) in [5.41, 5.74) is -1.13. The highest BCUT2D eigenvalue weighted by Crippen LogP contribution is 2.08. The summed E-state index contributed by atoms with van der Waals surface area (Å²) in [7, 11) is 0. The second-order valence-corrected chi connectivity index (χ2v) is 6.24. The lowest BCUT2D eigenvalue weighted by atomic mass is 10.1. The predicted octanol–water partition coefficient (Wildman–Crippen LogP) is -0.222. The van der Waals surface area contributed by atoms with Gasteiger partial charge in [0.05, 0.1) is 12.1 Å². The Labute approximate surface area is 123 Å². The predicted molar refractivity (Wildman–Crippen MR) is 77.5 cm³/mol. The van der Waals surface area contributed by atoms with Crippen molar-refractivity contribution in [3.05, 3.63) is 22.2 Å². The molecule has 1 N–H and O–H groups in total. The van der Waals surface area contributed by atoms with Crippen LogP contribution in [0.3, 0.4) is 0 Å². The number of aromatic nitrogens is 1. The van der Waals surface area contributed by atoms with Crippen LogP contribution in [-0.2, 0) is 0 Å². The Morgan fingerprint density at radius 3 is 2.33 bits per heavy atom. The zero-order chi connectivity index (χ0) is 15.6. The van der Waals surface area contributed by atoms with Gasteiger partial charge in [0.2, 0.25) is 0 Å². The Morgan fingerprint density at radius 1 is 1.29 bits per heavy atom. The fourth-order valence-corrected chi connectivity index (χ4v) is 2.53. The quantitative estimate of drug-likeness (QED) is 0.827. The van der Waals surface area contributed by atoms with Gasteiger partial charge in [-0.3, -0.25) is 19.4 Å². The number of nitrogens with zero attached hydrogens (tertiary/aromatic N) is 3. The van der Waals surface area contributed by atoms with Crippen LogP contribution in [0.4, 0.5) is 0 Å². The van der Waals surface area contributed by atoms with Gasteiger partial charge < -0.3 is 9.63 Å². The minimum atomic E-state index is -0.711. The van der Waals surface area contributed by atoms with E-state index in [4.69, 9.17) is 4.52 Å². The smallest absolute Gasteiger partial charge is 0.290 e. The second kappa shape index (κ2) is 6.13. The summed E-state index contributed by atoms with van der Waals surface area (Å²) in [5, 5.41) is 9.80. The van der Waals surface area contributed by atoms with Gasteiger partial charge in [0.15, 0.2) is 0 Å². The zero-order valence-corrected chi connectivity index (χ0v) is 12.8. The molecule has 21 heavy (non-hydrogen) atoms. The highest BCUT2D eigenvalue weighted by molar-refractivity contribution is 5.79. The topological polar surface area (TPSA) is 78.9 Å². The van der Waals surface area contributed by atoms with E-state index in [-0.39, 0.29) is 12.5 Å². The molecule has 0 bridgehead atoms. The summed E-state index contributed by atoms with van der Waals surface area (Å²) in [6.07, 6.45) is 0. The van der Waals surface area contributed by atoms with Crippen molar-refractivity contribution in [3.8, 4) is 0 Å². The molecule has 1 saturated heterocycles. The summed E-state index contributed by atoms with van der Waals surface area (Å²) in [4.78, 5) is 27.7. The maximum absolute atomic E-state index is 12.0. The molecule has 2 heterocycles. The first kappa shape index (κ1) is 15.9. The van der Waals surface area contributed by atoms with E-state index in [1.807, 2.05) is 4.90 Å². The van der Waals surface area contributed by atoms with Crippen molar-refractivity contribution >= 4 is 5.91 Å². The van der Waals surface area contributed by atoms with E-state index in [2.05, 4.69) is 4.90 Å². The van der Waals surface area contributed by atoms with Crippen LogP contribution in [0, 0.1) is 6.92 Å².